The van der Waals surface area contributed by atoms with Crippen molar-refractivity contribution in [2.45, 2.75) is 0 Å². The molecule has 126 valence electrons. The van der Waals surface area contributed by atoms with E-state index < -0.39 is 0 Å². The fourth-order valence-corrected chi connectivity index (χ4v) is 2.33. The molecule has 0 spiro atoms. The molecule has 23 heavy (non-hydrogen) atoms. The summed E-state index contributed by atoms with van der Waals surface area (Å²) in [5.41, 5.74) is 0.878. The smallest absolute Gasteiger partial charge is 0.0652 e. The summed E-state index contributed by atoms with van der Waals surface area (Å²) in [4.78, 5) is 2.04. The highest BCUT2D eigenvalue weighted by Gasteiger charge is 2.01. The van der Waals surface area contributed by atoms with E-state index in [9.17, 15) is 0 Å². The number of halogens is 3. The van der Waals surface area contributed by atoms with Crippen molar-refractivity contribution in [3.8, 4) is 0 Å². The number of nitrogens with one attached hydrogen (secondary N) is 1. The summed E-state index contributed by atoms with van der Waals surface area (Å²) in [5.74, 6) is 0. The van der Waals surface area contributed by atoms with Gasteiger partial charge in [0.05, 0.1) is 17.3 Å². The normalized spacial score (nSPS) is 10.2. The molecule has 0 unspecified atom stereocenters. The zero-order valence-corrected chi connectivity index (χ0v) is 15.2. The van der Waals surface area contributed by atoms with Crippen LogP contribution in [0.3, 0.4) is 0 Å². The van der Waals surface area contributed by atoms with E-state index in [0.29, 0.717) is 16.6 Å². The maximum atomic E-state index is 8.73. The van der Waals surface area contributed by atoms with E-state index in [1.54, 1.807) is 12.1 Å². The van der Waals surface area contributed by atoms with Gasteiger partial charge in [-0.05, 0) is 37.4 Å². The van der Waals surface area contributed by atoms with Gasteiger partial charge in [-0.2, -0.15) is 0 Å². The van der Waals surface area contributed by atoms with Crippen molar-refractivity contribution in [2.75, 3.05) is 38.6 Å². The summed E-state index contributed by atoms with van der Waals surface area (Å²) in [6.45, 7) is 2.48. The molecule has 0 saturated carbocycles. The molecule has 0 bridgehead atoms. The van der Waals surface area contributed by atoms with Crippen molar-refractivity contribution in [1.82, 2.24) is 4.90 Å². The fraction of sp³-hybridized carbons (Fsp3) is 0.294. The molecule has 6 heteroatoms. The molecule has 2 aromatic rings. The Balaban J connectivity index is 0.000000313. The SMILES string of the molecule is CN(CCO)CCNc1ccc(Cl)cc1Cl.Clc1ccccc1. The van der Waals surface area contributed by atoms with Crippen LogP contribution in [-0.2, 0) is 0 Å². The number of nitrogens with zero attached hydrogens (tertiary/aromatic N) is 1. The zero-order chi connectivity index (χ0) is 17.1. The third-order valence-electron chi connectivity index (χ3n) is 2.95. The molecule has 0 saturated heterocycles. The standard InChI is InChI=1S/C11H16Cl2N2O.C6H5Cl/c1-15(6-7-16)5-4-14-11-3-2-9(12)8-10(11)13;7-6-4-2-1-3-5-6/h2-3,8,14,16H,4-7H2,1H3;1-5H. The molecule has 2 aromatic carbocycles. The number of rotatable bonds is 6. The van der Waals surface area contributed by atoms with E-state index in [2.05, 4.69) is 5.32 Å². The summed E-state index contributed by atoms with van der Waals surface area (Å²) in [6, 6.07) is 14.8. The van der Waals surface area contributed by atoms with Gasteiger partial charge in [-0.3, -0.25) is 0 Å². The monoisotopic (exact) mass is 374 g/mol. The average molecular weight is 376 g/mol. The van der Waals surface area contributed by atoms with Crippen LogP contribution in [0.1, 0.15) is 0 Å². The van der Waals surface area contributed by atoms with Crippen molar-refractivity contribution < 1.29 is 5.11 Å². The van der Waals surface area contributed by atoms with Crippen molar-refractivity contribution in [2.24, 2.45) is 0 Å². The van der Waals surface area contributed by atoms with Crippen LogP contribution in [0, 0.1) is 0 Å². The lowest BCUT2D eigenvalue weighted by molar-refractivity contribution is 0.225. The quantitative estimate of drug-likeness (QED) is 0.770. The van der Waals surface area contributed by atoms with Crippen molar-refractivity contribution >= 4 is 40.5 Å². The number of aliphatic hydroxyl groups excluding tert-OH is 1. The second-order valence-electron chi connectivity index (χ2n) is 4.87. The highest BCUT2D eigenvalue weighted by Crippen LogP contribution is 2.24. The summed E-state index contributed by atoms with van der Waals surface area (Å²) >= 11 is 17.3. The van der Waals surface area contributed by atoms with Crippen LogP contribution in [0.5, 0.6) is 0 Å². The van der Waals surface area contributed by atoms with E-state index >= 15 is 0 Å². The first-order valence-corrected chi connectivity index (χ1v) is 8.35. The highest BCUT2D eigenvalue weighted by atomic mass is 35.5. The number of aliphatic hydroxyl groups is 1. The molecule has 0 atom stereocenters. The minimum Gasteiger partial charge on any atom is -0.395 e. The summed E-state index contributed by atoms with van der Waals surface area (Å²) in [5, 5.41) is 14.0. The Hall–Kier alpha value is -0.970. The molecule has 2 rings (SSSR count). The molecule has 0 heterocycles. The van der Waals surface area contributed by atoms with Crippen LogP contribution in [0.4, 0.5) is 5.69 Å². The van der Waals surface area contributed by atoms with Gasteiger partial charge in [0.25, 0.3) is 0 Å². The maximum absolute atomic E-state index is 8.73. The number of hydrogen-bond donors (Lipinski definition) is 2. The number of likely N-dealkylation sites (N-methyl/N-ethyl adjacent to an activating group) is 1. The van der Waals surface area contributed by atoms with Gasteiger partial charge in [-0.25, -0.2) is 0 Å². The Morgan fingerprint density at radius 2 is 1.65 bits per heavy atom. The Labute approximate surface area is 152 Å². The summed E-state index contributed by atoms with van der Waals surface area (Å²) in [7, 11) is 1.96. The first kappa shape index (κ1) is 20.1. The molecule has 0 aromatic heterocycles. The zero-order valence-electron chi connectivity index (χ0n) is 13.0. The van der Waals surface area contributed by atoms with Crippen LogP contribution >= 0.6 is 34.8 Å². The number of anilines is 1. The minimum atomic E-state index is 0.179. The molecular formula is C17H21Cl3N2O. The second kappa shape index (κ2) is 11.5. The molecular weight excluding hydrogens is 355 g/mol. The molecule has 0 aliphatic carbocycles. The molecule has 0 amide bonds. The van der Waals surface area contributed by atoms with Crippen LogP contribution in [-0.4, -0.2) is 43.3 Å². The number of hydrogen-bond acceptors (Lipinski definition) is 3. The lowest BCUT2D eigenvalue weighted by Crippen LogP contribution is -2.27. The van der Waals surface area contributed by atoms with Gasteiger partial charge in [0.2, 0.25) is 0 Å². The lowest BCUT2D eigenvalue weighted by atomic mass is 10.3. The molecule has 3 nitrogen and oxygen atoms in total. The largest absolute Gasteiger partial charge is 0.395 e. The molecule has 0 radical (unpaired) electrons. The van der Waals surface area contributed by atoms with Crippen LogP contribution < -0.4 is 5.32 Å². The molecule has 0 fully saturated rings. The van der Waals surface area contributed by atoms with Gasteiger partial charge in [0.15, 0.2) is 0 Å². The minimum absolute atomic E-state index is 0.179. The fourth-order valence-electron chi connectivity index (χ4n) is 1.71. The highest BCUT2D eigenvalue weighted by molar-refractivity contribution is 6.36. The van der Waals surface area contributed by atoms with Crippen molar-refractivity contribution in [3.05, 3.63) is 63.6 Å². The van der Waals surface area contributed by atoms with Gasteiger partial charge in [-0.15, -0.1) is 0 Å². The topological polar surface area (TPSA) is 35.5 Å². The first-order chi connectivity index (χ1) is 11.0. The maximum Gasteiger partial charge on any atom is 0.0652 e. The predicted molar refractivity (Wildman–Crippen MR) is 101 cm³/mol. The van der Waals surface area contributed by atoms with E-state index in [1.807, 2.05) is 48.3 Å². The third-order valence-corrected chi connectivity index (χ3v) is 3.75. The molecule has 0 aliphatic heterocycles. The Morgan fingerprint density at radius 1 is 0.957 bits per heavy atom. The van der Waals surface area contributed by atoms with Gasteiger partial charge in [0, 0.05) is 29.7 Å². The molecule has 2 N–H and O–H groups in total. The van der Waals surface area contributed by atoms with E-state index in [4.69, 9.17) is 39.9 Å². The number of benzene rings is 2. The van der Waals surface area contributed by atoms with Crippen LogP contribution in [0.15, 0.2) is 48.5 Å². The van der Waals surface area contributed by atoms with Gasteiger partial charge < -0.3 is 15.3 Å². The van der Waals surface area contributed by atoms with Crippen molar-refractivity contribution in [3.63, 3.8) is 0 Å². The summed E-state index contributed by atoms with van der Waals surface area (Å²) in [6.07, 6.45) is 0. The van der Waals surface area contributed by atoms with Gasteiger partial charge in [-0.1, -0.05) is 53.0 Å². The molecule has 0 aliphatic rings. The lowest BCUT2D eigenvalue weighted by Gasteiger charge is -2.16. The van der Waals surface area contributed by atoms with E-state index in [0.717, 1.165) is 23.8 Å². The summed E-state index contributed by atoms with van der Waals surface area (Å²) < 4.78 is 0. The van der Waals surface area contributed by atoms with Gasteiger partial charge >= 0.3 is 0 Å². The van der Waals surface area contributed by atoms with Crippen LogP contribution in [0.2, 0.25) is 15.1 Å². The average Bonchev–Trinajstić information content (AvgIpc) is 2.51. The van der Waals surface area contributed by atoms with E-state index in [1.165, 1.54) is 0 Å². The van der Waals surface area contributed by atoms with Crippen LogP contribution in [0.25, 0.3) is 0 Å². The Kier molecular flexibility index (Phi) is 10.1. The predicted octanol–water partition coefficient (Wildman–Crippen LogP) is 4.67. The third kappa shape index (κ3) is 9.04. The van der Waals surface area contributed by atoms with Gasteiger partial charge in [0.1, 0.15) is 0 Å². The first-order valence-electron chi connectivity index (χ1n) is 7.22. The Morgan fingerprint density at radius 3 is 2.17 bits per heavy atom. The Bertz CT molecular complexity index is 567. The second-order valence-corrected chi connectivity index (χ2v) is 6.15. The van der Waals surface area contributed by atoms with Crippen molar-refractivity contribution in [1.29, 1.82) is 0 Å². The van der Waals surface area contributed by atoms with E-state index in [-0.39, 0.29) is 6.61 Å².